The molecule has 0 spiro atoms. The molecule has 0 saturated heterocycles. The molecule has 2 heterocycles. The number of nitrogens with one attached hydrogen (secondary N) is 3. The largest absolute Gasteiger partial charge is 0.313 e. The van der Waals surface area contributed by atoms with E-state index in [-0.39, 0.29) is 11.6 Å². The Bertz CT molecular complexity index is 639. The van der Waals surface area contributed by atoms with Crippen molar-refractivity contribution < 1.29 is 8.42 Å². The maximum atomic E-state index is 12.2. The van der Waals surface area contributed by atoms with E-state index in [1.165, 1.54) is 6.20 Å². The quantitative estimate of drug-likeness (QED) is 0.686. The second kappa shape index (κ2) is 6.60. The highest BCUT2D eigenvalue weighted by Gasteiger charge is 2.20. The van der Waals surface area contributed by atoms with Crippen LogP contribution in [0.5, 0.6) is 0 Å². The number of aromatic amines is 1. The van der Waals surface area contributed by atoms with Gasteiger partial charge in [-0.05, 0) is 18.7 Å². The average molecular weight is 295 g/mol. The van der Waals surface area contributed by atoms with Crippen LogP contribution in [0.2, 0.25) is 0 Å². The van der Waals surface area contributed by atoms with Crippen molar-refractivity contribution in [2.45, 2.75) is 25.0 Å². The Hall–Kier alpha value is -1.77. The number of hydrogen-bond donors (Lipinski definition) is 3. The first-order valence-corrected chi connectivity index (χ1v) is 7.74. The highest BCUT2D eigenvalue weighted by Crippen LogP contribution is 2.11. The van der Waals surface area contributed by atoms with Gasteiger partial charge in [0.25, 0.3) is 10.0 Å². The van der Waals surface area contributed by atoms with Crippen LogP contribution in [-0.4, -0.2) is 30.1 Å². The van der Waals surface area contributed by atoms with Crippen LogP contribution >= 0.6 is 0 Å². The maximum Gasteiger partial charge on any atom is 0.258 e. The molecule has 0 fully saturated rings. The van der Waals surface area contributed by atoms with Crippen molar-refractivity contribution >= 4 is 10.0 Å². The number of nitrogens with zero attached hydrogens (tertiary/aromatic N) is 2. The Labute approximate surface area is 117 Å². The molecule has 0 unspecified atom stereocenters. The van der Waals surface area contributed by atoms with Crippen molar-refractivity contribution in [3.05, 3.63) is 41.9 Å². The molecule has 0 bridgehead atoms. The number of hydrogen-bond acceptors (Lipinski definition) is 5. The molecule has 2 rings (SSSR count). The number of H-pyrrole nitrogens is 1. The summed E-state index contributed by atoms with van der Waals surface area (Å²) in [6, 6.07) is 5.35. The number of rotatable bonds is 7. The molecular weight excluding hydrogens is 278 g/mol. The highest BCUT2D eigenvalue weighted by molar-refractivity contribution is 7.89. The van der Waals surface area contributed by atoms with Crippen molar-refractivity contribution in [1.82, 2.24) is 25.2 Å². The van der Waals surface area contributed by atoms with E-state index in [1.807, 2.05) is 13.0 Å². The molecule has 2 aromatic rings. The van der Waals surface area contributed by atoms with Crippen molar-refractivity contribution in [2.24, 2.45) is 0 Å². The molecule has 20 heavy (non-hydrogen) atoms. The molecule has 0 aromatic carbocycles. The summed E-state index contributed by atoms with van der Waals surface area (Å²) in [5.41, 5.74) is 1.27. The van der Waals surface area contributed by atoms with Gasteiger partial charge in [-0.15, -0.1) is 0 Å². The van der Waals surface area contributed by atoms with Crippen LogP contribution in [0.1, 0.15) is 18.2 Å². The van der Waals surface area contributed by atoms with Crippen LogP contribution in [0.4, 0.5) is 0 Å². The first-order chi connectivity index (χ1) is 9.63. The van der Waals surface area contributed by atoms with Gasteiger partial charge in [0.2, 0.25) is 0 Å². The van der Waals surface area contributed by atoms with Crippen LogP contribution in [0.3, 0.4) is 0 Å². The number of aromatic nitrogens is 3. The van der Waals surface area contributed by atoms with Crippen LogP contribution < -0.4 is 10.0 Å². The van der Waals surface area contributed by atoms with E-state index in [4.69, 9.17) is 0 Å². The summed E-state index contributed by atoms with van der Waals surface area (Å²) in [5.74, 6) is 0. The Kier molecular flexibility index (Phi) is 4.83. The lowest BCUT2D eigenvalue weighted by Gasteiger charge is -2.07. The highest BCUT2D eigenvalue weighted by atomic mass is 32.2. The maximum absolute atomic E-state index is 12.2. The molecule has 0 aliphatic carbocycles. The molecule has 7 nitrogen and oxygen atoms in total. The van der Waals surface area contributed by atoms with E-state index >= 15 is 0 Å². The minimum absolute atomic E-state index is 0.0920. The normalized spacial score (nSPS) is 11.7. The molecule has 0 radical (unpaired) electrons. The SMILES string of the molecule is CCNCc1cn[nH]c1S(=O)(=O)NCc1ccccn1. The Balaban J connectivity index is 2.08. The topological polar surface area (TPSA) is 99.8 Å². The summed E-state index contributed by atoms with van der Waals surface area (Å²) in [6.07, 6.45) is 3.13. The lowest BCUT2D eigenvalue weighted by Crippen LogP contribution is -2.26. The van der Waals surface area contributed by atoms with Gasteiger partial charge in [-0.1, -0.05) is 13.0 Å². The third kappa shape index (κ3) is 3.62. The van der Waals surface area contributed by atoms with Crippen LogP contribution in [-0.2, 0) is 23.1 Å². The van der Waals surface area contributed by atoms with E-state index in [0.29, 0.717) is 17.8 Å². The van der Waals surface area contributed by atoms with Crippen molar-refractivity contribution in [2.75, 3.05) is 6.54 Å². The minimum Gasteiger partial charge on any atom is -0.313 e. The van der Waals surface area contributed by atoms with E-state index in [2.05, 4.69) is 25.2 Å². The first-order valence-electron chi connectivity index (χ1n) is 6.26. The molecule has 0 atom stereocenters. The summed E-state index contributed by atoms with van der Waals surface area (Å²) in [5, 5.41) is 9.49. The molecule has 0 aliphatic rings. The van der Waals surface area contributed by atoms with E-state index < -0.39 is 10.0 Å². The van der Waals surface area contributed by atoms with Crippen molar-refractivity contribution in [1.29, 1.82) is 0 Å². The zero-order valence-corrected chi connectivity index (χ0v) is 11.9. The molecular formula is C12H17N5O2S. The van der Waals surface area contributed by atoms with Gasteiger partial charge in [0.1, 0.15) is 0 Å². The van der Waals surface area contributed by atoms with E-state index in [1.54, 1.807) is 18.3 Å². The van der Waals surface area contributed by atoms with Crippen molar-refractivity contribution in [3.8, 4) is 0 Å². The fourth-order valence-corrected chi connectivity index (χ4v) is 2.79. The summed E-state index contributed by atoms with van der Waals surface area (Å²) >= 11 is 0. The van der Waals surface area contributed by atoms with Gasteiger partial charge in [0.05, 0.1) is 18.4 Å². The minimum atomic E-state index is -3.62. The molecule has 0 amide bonds. The predicted octanol–water partition coefficient (Wildman–Crippen LogP) is 0.393. The van der Waals surface area contributed by atoms with Gasteiger partial charge >= 0.3 is 0 Å². The lowest BCUT2D eigenvalue weighted by atomic mass is 10.3. The zero-order valence-electron chi connectivity index (χ0n) is 11.1. The van der Waals surface area contributed by atoms with Gasteiger partial charge < -0.3 is 5.32 Å². The second-order valence-corrected chi connectivity index (χ2v) is 5.85. The molecule has 2 aromatic heterocycles. The molecule has 8 heteroatoms. The van der Waals surface area contributed by atoms with Crippen LogP contribution in [0.25, 0.3) is 0 Å². The van der Waals surface area contributed by atoms with Crippen molar-refractivity contribution in [3.63, 3.8) is 0 Å². The second-order valence-electron chi connectivity index (χ2n) is 4.15. The van der Waals surface area contributed by atoms with Gasteiger partial charge in [0, 0.05) is 18.3 Å². The molecule has 0 saturated carbocycles. The van der Waals surface area contributed by atoms with Gasteiger partial charge in [-0.25, -0.2) is 13.1 Å². The Morgan fingerprint density at radius 3 is 2.85 bits per heavy atom. The zero-order chi connectivity index (χ0) is 14.4. The fourth-order valence-electron chi connectivity index (χ4n) is 1.66. The molecule has 3 N–H and O–H groups in total. The number of pyridine rings is 1. The predicted molar refractivity (Wildman–Crippen MR) is 74.2 cm³/mol. The standard InChI is InChI=1S/C12H17N5O2S/c1-2-13-7-10-8-15-17-12(10)20(18,19)16-9-11-5-3-4-6-14-11/h3-6,8,13,16H,2,7,9H2,1H3,(H,15,17). The monoisotopic (exact) mass is 295 g/mol. The number of sulfonamides is 1. The van der Waals surface area contributed by atoms with Gasteiger partial charge in [0.15, 0.2) is 5.03 Å². The fraction of sp³-hybridized carbons (Fsp3) is 0.333. The summed E-state index contributed by atoms with van der Waals surface area (Å²) < 4.78 is 26.9. The average Bonchev–Trinajstić information content (AvgIpc) is 2.93. The van der Waals surface area contributed by atoms with Crippen LogP contribution in [0, 0.1) is 0 Å². The lowest BCUT2D eigenvalue weighted by molar-refractivity contribution is 0.573. The third-order valence-corrected chi connectivity index (χ3v) is 4.10. The third-order valence-electron chi connectivity index (χ3n) is 2.68. The first kappa shape index (κ1) is 14.6. The molecule has 0 aliphatic heterocycles. The van der Waals surface area contributed by atoms with Crippen LogP contribution in [0.15, 0.2) is 35.6 Å². The Morgan fingerprint density at radius 1 is 1.30 bits per heavy atom. The molecule has 108 valence electrons. The summed E-state index contributed by atoms with van der Waals surface area (Å²) in [4.78, 5) is 4.07. The summed E-state index contributed by atoms with van der Waals surface area (Å²) in [6.45, 7) is 3.30. The van der Waals surface area contributed by atoms with Gasteiger partial charge in [-0.3, -0.25) is 10.1 Å². The summed E-state index contributed by atoms with van der Waals surface area (Å²) in [7, 11) is -3.62. The van der Waals surface area contributed by atoms with Gasteiger partial charge in [-0.2, -0.15) is 5.10 Å². The van der Waals surface area contributed by atoms with E-state index in [9.17, 15) is 8.42 Å². The smallest absolute Gasteiger partial charge is 0.258 e. The Morgan fingerprint density at radius 2 is 2.15 bits per heavy atom. The van der Waals surface area contributed by atoms with E-state index in [0.717, 1.165) is 6.54 Å².